The minimum atomic E-state index is -0.682. The Kier molecular flexibility index (Phi) is 4.56. The Hall–Kier alpha value is -2.60. The second-order valence-corrected chi connectivity index (χ2v) is 5.51. The molecule has 0 heterocycles. The van der Waals surface area contributed by atoms with Crippen molar-refractivity contribution in [2.45, 2.75) is 20.8 Å². The third kappa shape index (κ3) is 2.98. The minimum Gasteiger partial charge on any atom is -0.506 e. The fourth-order valence-electron chi connectivity index (χ4n) is 2.31. The van der Waals surface area contributed by atoms with Gasteiger partial charge in [-0.05, 0) is 38.0 Å². The highest BCUT2D eigenvalue weighted by Gasteiger charge is 2.25. The molecule has 0 aromatic heterocycles. The number of phenols is 2. The van der Waals surface area contributed by atoms with Crippen molar-refractivity contribution >= 4 is 29.2 Å². The molecule has 2 N–H and O–H groups in total. The number of rotatable bonds is 3. The van der Waals surface area contributed by atoms with Crippen LogP contribution in [0.1, 0.15) is 22.3 Å². The average molecular weight is 335 g/mol. The molecule has 0 aliphatic carbocycles. The Morgan fingerprint density at radius 3 is 2.43 bits per heavy atom. The summed E-state index contributed by atoms with van der Waals surface area (Å²) in [5.41, 5.74) is 1.43. The standard InChI is InChI=1S/C16H15ClN2O4/c1-8-5-4-6-12(20)14(8)18-7-11-9(2)13(17)10(3)15(16(11)21)19(22)23/h4-7,20-21H,1-3H3. The van der Waals surface area contributed by atoms with Crippen molar-refractivity contribution < 1.29 is 15.1 Å². The summed E-state index contributed by atoms with van der Waals surface area (Å²) in [4.78, 5) is 14.6. The van der Waals surface area contributed by atoms with Gasteiger partial charge < -0.3 is 10.2 Å². The second kappa shape index (κ2) is 6.26. The predicted octanol–water partition coefficient (Wildman–Crippen LogP) is 4.34. The molecule has 120 valence electrons. The first-order chi connectivity index (χ1) is 10.8. The number of para-hydroxylation sites is 1. The van der Waals surface area contributed by atoms with Crippen LogP contribution in [0.2, 0.25) is 5.02 Å². The van der Waals surface area contributed by atoms with Crippen molar-refractivity contribution in [3.05, 3.63) is 55.6 Å². The van der Waals surface area contributed by atoms with Crippen LogP contribution in [0.15, 0.2) is 23.2 Å². The maximum absolute atomic E-state index is 11.1. The zero-order chi connectivity index (χ0) is 17.3. The molecule has 0 saturated carbocycles. The molecule has 0 amide bonds. The Balaban J connectivity index is 2.65. The van der Waals surface area contributed by atoms with Gasteiger partial charge >= 0.3 is 5.69 Å². The van der Waals surface area contributed by atoms with Gasteiger partial charge in [0, 0.05) is 17.3 Å². The van der Waals surface area contributed by atoms with Crippen LogP contribution in [-0.2, 0) is 0 Å². The van der Waals surface area contributed by atoms with Gasteiger partial charge in [0.05, 0.1) is 9.95 Å². The molecule has 2 rings (SSSR count). The van der Waals surface area contributed by atoms with Crippen LogP contribution in [0.4, 0.5) is 11.4 Å². The monoisotopic (exact) mass is 334 g/mol. The van der Waals surface area contributed by atoms with Gasteiger partial charge in [0.1, 0.15) is 11.4 Å². The molecule has 2 aromatic carbocycles. The second-order valence-electron chi connectivity index (χ2n) is 5.13. The van der Waals surface area contributed by atoms with Crippen molar-refractivity contribution in [3.8, 4) is 11.5 Å². The van der Waals surface area contributed by atoms with Gasteiger partial charge in [0.15, 0.2) is 0 Å². The van der Waals surface area contributed by atoms with E-state index in [0.717, 1.165) is 5.56 Å². The summed E-state index contributed by atoms with van der Waals surface area (Å²) >= 11 is 6.12. The van der Waals surface area contributed by atoms with Crippen molar-refractivity contribution in [2.24, 2.45) is 4.99 Å². The number of aryl methyl sites for hydroxylation is 1. The van der Waals surface area contributed by atoms with E-state index in [0.29, 0.717) is 11.3 Å². The zero-order valence-corrected chi connectivity index (χ0v) is 13.5. The fraction of sp³-hybridized carbons (Fsp3) is 0.188. The Morgan fingerprint density at radius 1 is 1.22 bits per heavy atom. The topological polar surface area (TPSA) is 96.0 Å². The summed E-state index contributed by atoms with van der Waals surface area (Å²) in [6.45, 7) is 4.88. The molecule has 0 fully saturated rings. The van der Waals surface area contributed by atoms with E-state index in [1.54, 1.807) is 26.0 Å². The number of phenolic OH excluding ortho intramolecular Hbond substituents is 2. The van der Waals surface area contributed by atoms with Crippen LogP contribution in [0.25, 0.3) is 0 Å². The lowest BCUT2D eigenvalue weighted by molar-refractivity contribution is -0.386. The Morgan fingerprint density at radius 2 is 1.87 bits per heavy atom. The largest absolute Gasteiger partial charge is 0.506 e. The van der Waals surface area contributed by atoms with E-state index in [4.69, 9.17) is 11.6 Å². The number of nitrogens with zero attached hydrogens (tertiary/aromatic N) is 2. The zero-order valence-electron chi connectivity index (χ0n) is 12.8. The van der Waals surface area contributed by atoms with Crippen LogP contribution in [0.5, 0.6) is 11.5 Å². The fourth-order valence-corrected chi connectivity index (χ4v) is 2.50. The van der Waals surface area contributed by atoms with Gasteiger partial charge in [-0.2, -0.15) is 0 Å². The van der Waals surface area contributed by atoms with Gasteiger partial charge in [0.2, 0.25) is 5.75 Å². The van der Waals surface area contributed by atoms with Crippen molar-refractivity contribution in [1.29, 1.82) is 0 Å². The Bertz CT molecular complexity index is 811. The third-order valence-corrected chi connectivity index (χ3v) is 4.19. The van der Waals surface area contributed by atoms with E-state index in [1.165, 1.54) is 19.2 Å². The molecule has 2 aromatic rings. The predicted molar refractivity (Wildman–Crippen MR) is 89.3 cm³/mol. The van der Waals surface area contributed by atoms with Crippen molar-refractivity contribution in [1.82, 2.24) is 0 Å². The molecule has 0 radical (unpaired) electrons. The molecule has 7 heteroatoms. The van der Waals surface area contributed by atoms with E-state index in [2.05, 4.69) is 4.99 Å². The van der Waals surface area contributed by atoms with Gasteiger partial charge in [-0.15, -0.1) is 0 Å². The number of hydrogen-bond acceptors (Lipinski definition) is 5. The number of nitro benzene ring substituents is 1. The first-order valence-corrected chi connectivity index (χ1v) is 7.12. The smallest absolute Gasteiger partial charge is 0.315 e. The number of halogens is 1. The quantitative estimate of drug-likeness (QED) is 0.496. The van der Waals surface area contributed by atoms with Crippen LogP contribution in [0, 0.1) is 30.9 Å². The summed E-state index contributed by atoms with van der Waals surface area (Å²) in [6, 6.07) is 4.93. The van der Waals surface area contributed by atoms with E-state index in [1.807, 2.05) is 0 Å². The van der Waals surface area contributed by atoms with Gasteiger partial charge in [-0.1, -0.05) is 23.7 Å². The van der Waals surface area contributed by atoms with E-state index < -0.39 is 16.4 Å². The van der Waals surface area contributed by atoms with E-state index in [9.17, 15) is 20.3 Å². The van der Waals surface area contributed by atoms with E-state index in [-0.39, 0.29) is 21.9 Å². The SMILES string of the molecule is Cc1cccc(O)c1N=Cc1c(C)c(Cl)c(C)c([N+](=O)[O-])c1O. The number of nitro groups is 1. The first kappa shape index (κ1) is 16.8. The lowest BCUT2D eigenvalue weighted by Crippen LogP contribution is -2.00. The molecular formula is C16H15ClN2O4. The van der Waals surface area contributed by atoms with Crippen LogP contribution >= 0.6 is 11.6 Å². The van der Waals surface area contributed by atoms with Gasteiger partial charge in [0.25, 0.3) is 0 Å². The summed E-state index contributed by atoms with van der Waals surface area (Å²) in [5.74, 6) is -0.516. The highest BCUT2D eigenvalue weighted by atomic mass is 35.5. The molecular weight excluding hydrogens is 320 g/mol. The summed E-state index contributed by atoms with van der Waals surface area (Å²) < 4.78 is 0. The summed E-state index contributed by atoms with van der Waals surface area (Å²) in [5, 5.41) is 31.4. The van der Waals surface area contributed by atoms with Gasteiger partial charge in [-0.25, -0.2) is 0 Å². The third-order valence-electron chi connectivity index (χ3n) is 3.62. The molecule has 23 heavy (non-hydrogen) atoms. The molecule has 0 unspecified atom stereocenters. The van der Waals surface area contributed by atoms with Crippen molar-refractivity contribution in [2.75, 3.05) is 0 Å². The first-order valence-electron chi connectivity index (χ1n) is 6.74. The lowest BCUT2D eigenvalue weighted by atomic mass is 10.0. The number of aromatic hydroxyl groups is 2. The van der Waals surface area contributed by atoms with Crippen LogP contribution in [-0.4, -0.2) is 21.4 Å². The normalized spacial score (nSPS) is 11.1. The van der Waals surface area contributed by atoms with Crippen LogP contribution in [0.3, 0.4) is 0 Å². The molecule has 0 saturated heterocycles. The maximum atomic E-state index is 11.1. The minimum absolute atomic E-state index is 0.0221. The van der Waals surface area contributed by atoms with E-state index >= 15 is 0 Å². The lowest BCUT2D eigenvalue weighted by Gasteiger charge is -2.10. The molecule has 0 spiro atoms. The highest BCUT2D eigenvalue weighted by Crippen LogP contribution is 2.40. The maximum Gasteiger partial charge on any atom is 0.315 e. The van der Waals surface area contributed by atoms with Crippen molar-refractivity contribution in [3.63, 3.8) is 0 Å². The number of benzene rings is 2. The number of hydrogen-bond donors (Lipinski definition) is 2. The average Bonchev–Trinajstić information content (AvgIpc) is 2.47. The molecule has 0 aliphatic rings. The Labute approximate surface area is 137 Å². The molecule has 0 atom stereocenters. The molecule has 0 aliphatic heterocycles. The van der Waals surface area contributed by atoms with Crippen LogP contribution < -0.4 is 0 Å². The molecule has 6 nitrogen and oxygen atoms in total. The highest BCUT2D eigenvalue weighted by molar-refractivity contribution is 6.33. The molecule has 0 bridgehead atoms. The summed E-state index contributed by atoms with van der Waals surface area (Å²) in [7, 11) is 0. The number of aliphatic imine (C=N–C) groups is 1. The van der Waals surface area contributed by atoms with Gasteiger partial charge in [-0.3, -0.25) is 15.1 Å². The summed E-state index contributed by atoms with van der Waals surface area (Å²) in [6.07, 6.45) is 1.27.